The van der Waals surface area contributed by atoms with E-state index in [0.717, 1.165) is 6.42 Å². The van der Waals surface area contributed by atoms with E-state index < -0.39 is 0 Å². The maximum Gasteiger partial charge on any atom is 0.0787 e. The van der Waals surface area contributed by atoms with E-state index in [1.807, 2.05) is 0 Å². The fraction of sp³-hybridized carbons (Fsp3) is 0.364. The summed E-state index contributed by atoms with van der Waals surface area (Å²) in [6.07, 6.45) is 4.88. The van der Waals surface area contributed by atoms with Crippen LogP contribution < -0.4 is 0 Å². The van der Waals surface area contributed by atoms with Crippen LogP contribution in [0.25, 0.3) is 33.2 Å². The van der Waals surface area contributed by atoms with Crippen LogP contribution in [-0.2, 0) is 6.42 Å². The van der Waals surface area contributed by atoms with Crippen LogP contribution in [0, 0.1) is 12.3 Å². The maximum absolute atomic E-state index is 5.35. The number of nitrogens with zero attached hydrogens (tertiary/aromatic N) is 1. The first-order chi connectivity index (χ1) is 16.3. The summed E-state index contributed by atoms with van der Waals surface area (Å²) >= 11 is 0. The number of aryl methyl sites for hydroxylation is 1. The maximum atomic E-state index is 5.35. The molecule has 0 amide bonds. The average molecular weight is 446 g/mol. The lowest BCUT2D eigenvalue weighted by Crippen LogP contribution is -2.05. The van der Waals surface area contributed by atoms with Crippen LogP contribution in [0.1, 0.15) is 86.7 Å². The largest absolute Gasteiger partial charge is 0.252 e. The zero-order valence-electron chi connectivity index (χ0n) is 21.2. The highest BCUT2D eigenvalue weighted by Gasteiger charge is 2.32. The van der Waals surface area contributed by atoms with E-state index in [2.05, 4.69) is 95.3 Å². The SMILES string of the molecule is Cc1cc2c(c(-c3nc(C(C)C)cc4ccc(C5CCC(C)(C)C5)cc34)c1)Cc1ccccc1-2. The van der Waals surface area contributed by atoms with E-state index in [4.69, 9.17) is 4.98 Å². The minimum atomic E-state index is 0.397. The summed E-state index contributed by atoms with van der Waals surface area (Å²) in [6.45, 7) is 11.6. The van der Waals surface area contributed by atoms with Gasteiger partial charge in [-0.3, -0.25) is 4.98 Å². The molecule has 1 aromatic heterocycles. The highest BCUT2D eigenvalue weighted by atomic mass is 14.7. The molecule has 0 bridgehead atoms. The quantitative estimate of drug-likeness (QED) is 0.270. The molecular weight excluding hydrogens is 410 g/mol. The van der Waals surface area contributed by atoms with Crippen molar-refractivity contribution in [1.29, 1.82) is 0 Å². The Morgan fingerprint density at radius 3 is 2.47 bits per heavy atom. The Hall–Kier alpha value is -2.93. The molecule has 1 nitrogen and oxygen atoms in total. The summed E-state index contributed by atoms with van der Waals surface area (Å²) in [4.78, 5) is 5.35. The second-order valence-electron chi connectivity index (χ2n) is 11.8. The molecule has 1 unspecified atom stereocenters. The fourth-order valence-corrected chi connectivity index (χ4v) is 6.35. The third-order valence-corrected chi connectivity index (χ3v) is 8.23. The molecule has 3 aromatic carbocycles. The van der Waals surface area contributed by atoms with Crippen molar-refractivity contribution in [2.24, 2.45) is 5.41 Å². The molecule has 0 spiro atoms. The third-order valence-electron chi connectivity index (χ3n) is 8.23. The van der Waals surface area contributed by atoms with Gasteiger partial charge in [-0.15, -0.1) is 0 Å². The van der Waals surface area contributed by atoms with Gasteiger partial charge in [-0.1, -0.05) is 70.2 Å². The third kappa shape index (κ3) is 3.57. The number of benzene rings is 3. The van der Waals surface area contributed by atoms with Gasteiger partial charge in [0.15, 0.2) is 0 Å². The number of pyridine rings is 1. The summed E-state index contributed by atoms with van der Waals surface area (Å²) in [7, 11) is 0. The molecule has 2 aliphatic carbocycles. The number of hydrogen-bond acceptors (Lipinski definition) is 1. The normalized spacial score (nSPS) is 18.5. The van der Waals surface area contributed by atoms with Crippen molar-refractivity contribution in [3.05, 3.63) is 88.6 Å². The highest BCUT2D eigenvalue weighted by Crippen LogP contribution is 2.48. The first-order valence-electron chi connectivity index (χ1n) is 13.0. The van der Waals surface area contributed by atoms with Crippen molar-refractivity contribution in [2.45, 2.75) is 72.1 Å². The summed E-state index contributed by atoms with van der Waals surface area (Å²) in [6, 6.07) is 23.2. The van der Waals surface area contributed by atoms with Crippen molar-refractivity contribution < 1.29 is 0 Å². The number of rotatable bonds is 3. The van der Waals surface area contributed by atoms with Crippen molar-refractivity contribution in [3.63, 3.8) is 0 Å². The molecule has 4 aromatic rings. The van der Waals surface area contributed by atoms with Gasteiger partial charge < -0.3 is 0 Å². The lowest BCUT2D eigenvalue weighted by atomic mass is 9.87. The highest BCUT2D eigenvalue weighted by molar-refractivity contribution is 5.98. The number of hydrogen-bond donors (Lipinski definition) is 0. The molecule has 0 aliphatic heterocycles. The summed E-state index contributed by atoms with van der Waals surface area (Å²) in [5, 5.41) is 2.64. The van der Waals surface area contributed by atoms with Gasteiger partial charge in [0.05, 0.1) is 5.69 Å². The second-order valence-corrected chi connectivity index (χ2v) is 11.8. The molecule has 1 heterocycles. The van der Waals surface area contributed by atoms with Gasteiger partial charge in [0.25, 0.3) is 0 Å². The molecule has 0 radical (unpaired) electrons. The Labute approximate surface area is 204 Å². The number of aromatic nitrogens is 1. The zero-order chi connectivity index (χ0) is 23.6. The van der Waals surface area contributed by atoms with Crippen LogP contribution in [0.2, 0.25) is 0 Å². The van der Waals surface area contributed by atoms with Gasteiger partial charge in [0.2, 0.25) is 0 Å². The van der Waals surface area contributed by atoms with E-state index in [1.54, 1.807) is 0 Å². The lowest BCUT2D eigenvalue weighted by molar-refractivity contribution is 0.376. The average Bonchev–Trinajstić information content (AvgIpc) is 3.37. The summed E-state index contributed by atoms with van der Waals surface area (Å²) < 4.78 is 0. The van der Waals surface area contributed by atoms with E-state index in [-0.39, 0.29) is 0 Å². The monoisotopic (exact) mass is 445 g/mol. The minimum absolute atomic E-state index is 0.397. The molecule has 1 atom stereocenters. The van der Waals surface area contributed by atoms with Crippen LogP contribution in [0.4, 0.5) is 0 Å². The Balaban J connectivity index is 1.58. The molecule has 0 N–H and O–H groups in total. The molecule has 1 saturated carbocycles. The minimum Gasteiger partial charge on any atom is -0.252 e. The van der Waals surface area contributed by atoms with Gasteiger partial charge in [0.1, 0.15) is 0 Å². The predicted molar refractivity (Wildman–Crippen MR) is 145 cm³/mol. The van der Waals surface area contributed by atoms with Crippen molar-refractivity contribution >= 4 is 10.8 Å². The second kappa shape index (κ2) is 7.80. The van der Waals surface area contributed by atoms with Gasteiger partial charge in [-0.05, 0) is 107 Å². The van der Waals surface area contributed by atoms with Crippen molar-refractivity contribution in [2.75, 3.05) is 0 Å². The van der Waals surface area contributed by atoms with Crippen molar-refractivity contribution in [3.8, 4) is 22.4 Å². The predicted octanol–water partition coefficient (Wildman–Crippen LogP) is 9.20. The fourth-order valence-electron chi connectivity index (χ4n) is 6.35. The molecule has 1 heteroatoms. The van der Waals surface area contributed by atoms with Crippen LogP contribution in [0.15, 0.2) is 60.7 Å². The molecule has 2 aliphatic rings. The Morgan fingerprint density at radius 1 is 0.912 bits per heavy atom. The van der Waals surface area contributed by atoms with Gasteiger partial charge in [-0.25, -0.2) is 0 Å². The zero-order valence-corrected chi connectivity index (χ0v) is 21.2. The van der Waals surface area contributed by atoms with Gasteiger partial charge >= 0.3 is 0 Å². The van der Waals surface area contributed by atoms with Gasteiger partial charge in [-0.2, -0.15) is 0 Å². The summed E-state index contributed by atoms with van der Waals surface area (Å²) in [5.74, 6) is 1.05. The lowest BCUT2D eigenvalue weighted by Gasteiger charge is -2.19. The molecule has 34 heavy (non-hydrogen) atoms. The standard InChI is InChI=1S/C33H35N/c1-20(2)31-18-24-11-10-22(25-12-13-33(4,5)19-25)16-27(24)32(34-31)30-15-21(3)14-28-26-9-7-6-8-23(26)17-29(28)30/h6-11,14-16,18,20,25H,12-13,17,19H2,1-5H3. The van der Waals surface area contributed by atoms with E-state index in [9.17, 15) is 0 Å². The van der Waals surface area contributed by atoms with Gasteiger partial charge in [0, 0.05) is 16.6 Å². The molecule has 172 valence electrons. The van der Waals surface area contributed by atoms with Crippen LogP contribution in [-0.4, -0.2) is 4.98 Å². The van der Waals surface area contributed by atoms with Crippen LogP contribution >= 0.6 is 0 Å². The molecular formula is C33H35N. The first kappa shape index (κ1) is 21.6. The Bertz CT molecular complexity index is 1420. The Morgan fingerprint density at radius 2 is 1.71 bits per heavy atom. The van der Waals surface area contributed by atoms with Crippen LogP contribution in [0.3, 0.4) is 0 Å². The number of fused-ring (bicyclic) bond motifs is 4. The summed E-state index contributed by atoms with van der Waals surface area (Å²) in [5.41, 5.74) is 12.6. The molecule has 1 fully saturated rings. The smallest absolute Gasteiger partial charge is 0.0787 e. The van der Waals surface area contributed by atoms with Crippen molar-refractivity contribution in [1.82, 2.24) is 4.98 Å². The van der Waals surface area contributed by atoms with E-state index in [1.165, 1.54) is 80.4 Å². The molecule has 0 saturated heterocycles. The Kier molecular flexibility index (Phi) is 4.96. The van der Waals surface area contributed by atoms with E-state index in [0.29, 0.717) is 17.3 Å². The van der Waals surface area contributed by atoms with E-state index >= 15 is 0 Å². The first-order valence-corrected chi connectivity index (χ1v) is 13.0. The van der Waals surface area contributed by atoms with Crippen LogP contribution in [0.5, 0.6) is 0 Å². The topological polar surface area (TPSA) is 12.9 Å². The molecule has 6 rings (SSSR count).